The quantitative estimate of drug-likeness (QED) is 0.367. The zero-order valence-electron chi connectivity index (χ0n) is 22.6. The van der Waals surface area contributed by atoms with Gasteiger partial charge in [0.1, 0.15) is 10.6 Å². The highest BCUT2D eigenvalue weighted by atomic mass is 32.1. The van der Waals surface area contributed by atoms with Crippen molar-refractivity contribution in [3.8, 4) is 11.1 Å². The monoisotopic (exact) mass is 536 g/mol. The topological polar surface area (TPSA) is 92.8 Å². The summed E-state index contributed by atoms with van der Waals surface area (Å²) in [5.41, 5.74) is 3.82. The first-order chi connectivity index (χ1) is 18.1. The molecule has 0 radical (unpaired) electrons. The number of imide groups is 1. The zero-order valence-corrected chi connectivity index (χ0v) is 23.5. The molecule has 1 saturated heterocycles. The molecule has 5 rings (SSSR count). The van der Waals surface area contributed by atoms with E-state index in [4.69, 9.17) is 4.74 Å². The molecule has 0 spiro atoms. The van der Waals surface area contributed by atoms with Crippen LogP contribution in [0, 0.1) is 16.7 Å². The molecule has 1 aromatic carbocycles. The lowest BCUT2D eigenvalue weighted by Gasteiger charge is -2.47. The van der Waals surface area contributed by atoms with Gasteiger partial charge < -0.3 is 10.1 Å². The average Bonchev–Trinajstić information content (AvgIpc) is 3.39. The van der Waals surface area contributed by atoms with Crippen LogP contribution in [0.3, 0.4) is 0 Å². The second kappa shape index (κ2) is 9.95. The van der Waals surface area contributed by atoms with Crippen molar-refractivity contribution < 1.29 is 23.9 Å². The van der Waals surface area contributed by atoms with Crippen molar-refractivity contribution in [1.82, 2.24) is 4.90 Å². The van der Waals surface area contributed by atoms with Crippen LogP contribution in [0.15, 0.2) is 23.6 Å². The minimum Gasteiger partial charge on any atom is -0.465 e. The second-order valence-corrected chi connectivity index (χ2v) is 12.5. The molecule has 3 amide bonds. The van der Waals surface area contributed by atoms with Gasteiger partial charge in [-0.25, -0.2) is 4.79 Å². The maximum Gasteiger partial charge on any atom is 0.341 e. The van der Waals surface area contributed by atoms with E-state index in [1.165, 1.54) is 40.9 Å². The minimum absolute atomic E-state index is 0.115. The third kappa shape index (κ3) is 4.27. The summed E-state index contributed by atoms with van der Waals surface area (Å²) in [6, 6.07) is 6.32. The van der Waals surface area contributed by atoms with Crippen LogP contribution in [0.4, 0.5) is 5.00 Å². The summed E-state index contributed by atoms with van der Waals surface area (Å²) in [7, 11) is 1.34. The van der Waals surface area contributed by atoms with Gasteiger partial charge in [0.05, 0.1) is 12.5 Å². The number of benzene rings is 1. The first-order valence-electron chi connectivity index (χ1n) is 13.6. The van der Waals surface area contributed by atoms with Crippen molar-refractivity contribution in [3.05, 3.63) is 40.3 Å². The van der Waals surface area contributed by atoms with E-state index in [0.29, 0.717) is 23.4 Å². The Kier molecular flexibility index (Phi) is 6.97. The molecule has 1 aromatic heterocycles. The van der Waals surface area contributed by atoms with E-state index < -0.39 is 11.4 Å². The Labute approximate surface area is 227 Å². The molecule has 2 heterocycles. The summed E-state index contributed by atoms with van der Waals surface area (Å²) in [6.07, 6.45) is 6.42. The lowest BCUT2D eigenvalue weighted by molar-refractivity contribution is -0.168. The van der Waals surface area contributed by atoms with Crippen LogP contribution >= 0.6 is 11.3 Å². The molecule has 1 saturated carbocycles. The van der Waals surface area contributed by atoms with E-state index >= 15 is 0 Å². The smallest absolute Gasteiger partial charge is 0.341 e. The molecule has 2 fully saturated rings. The van der Waals surface area contributed by atoms with Gasteiger partial charge in [-0.05, 0) is 67.1 Å². The number of esters is 1. The van der Waals surface area contributed by atoms with Gasteiger partial charge in [-0.3, -0.25) is 19.3 Å². The Morgan fingerprint density at radius 3 is 2.61 bits per heavy atom. The summed E-state index contributed by atoms with van der Waals surface area (Å²) >= 11 is 1.30. The fourth-order valence-electron chi connectivity index (χ4n) is 6.57. The molecule has 2 bridgehead atoms. The number of nitrogens with one attached hydrogen (secondary N) is 1. The highest BCUT2D eigenvalue weighted by Gasteiger charge is 2.64. The van der Waals surface area contributed by atoms with E-state index in [9.17, 15) is 19.2 Å². The van der Waals surface area contributed by atoms with Crippen LogP contribution in [-0.4, -0.2) is 42.2 Å². The van der Waals surface area contributed by atoms with Crippen molar-refractivity contribution in [1.29, 1.82) is 0 Å². The number of piperidine rings is 1. The molecule has 202 valence electrons. The van der Waals surface area contributed by atoms with Gasteiger partial charge in [0.2, 0.25) is 17.7 Å². The van der Waals surface area contributed by atoms with Gasteiger partial charge in [-0.1, -0.05) is 39.0 Å². The Balaban J connectivity index is 1.27. The molecule has 1 aliphatic heterocycles. The van der Waals surface area contributed by atoms with Crippen molar-refractivity contribution >= 4 is 40.0 Å². The number of hydrogen-bond donors (Lipinski definition) is 1. The van der Waals surface area contributed by atoms with Crippen molar-refractivity contribution in [2.45, 2.75) is 72.1 Å². The molecular formula is C30H36N2O5S. The molecule has 8 heteroatoms. The van der Waals surface area contributed by atoms with Crippen LogP contribution in [0.2, 0.25) is 0 Å². The highest BCUT2D eigenvalue weighted by Crippen LogP contribution is 2.60. The Bertz CT molecular complexity index is 1310. The van der Waals surface area contributed by atoms with Crippen molar-refractivity contribution in [2.24, 2.45) is 16.7 Å². The number of rotatable bonds is 7. The van der Waals surface area contributed by atoms with Gasteiger partial charge >= 0.3 is 5.97 Å². The van der Waals surface area contributed by atoms with Gasteiger partial charge in [0.15, 0.2) is 0 Å². The number of nitrogens with zero attached hydrogens (tertiary/aromatic N) is 1. The first-order valence-corrected chi connectivity index (χ1v) is 14.4. The fraction of sp³-hybridized carbons (Fsp3) is 0.533. The van der Waals surface area contributed by atoms with E-state index in [1.54, 1.807) is 0 Å². The standard InChI is InChI=1S/C30H36N2O5S/c1-29(2)22-13-14-30(29,3)28(36)32(26(22)34)15-7-10-23(33)31-25-24(27(35)37-4)21(17-38-25)20-12-11-18-8-5-6-9-19(18)16-20/h11-12,16-17,22H,5-10,13-15H2,1-4H3,(H,31,33). The number of amides is 3. The van der Waals surface area contributed by atoms with Crippen LogP contribution in [0.1, 0.15) is 80.8 Å². The number of methoxy groups -OCH3 is 1. The lowest BCUT2D eigenvalue weighted by atomic mass is 9.62. The Hall–Kier alpha value is -3.00. The van der Waals surface area contributed by atoms with E-state index in [-0.39, 0.29) is 42.0 Å². The number of thiophene rings is 1. The van der Waals surface area contributed by atoms with Crippen molar-refractivity contribution in [2.75, 3.05) is 19.0 Å². The zero-order chi connectivity index (χ0) is 27.2. The maximum absolute atomic E-state index is 13.2. The summed E-state index contributed by atoms with van der Waals surface area (Å²) in [5.74, 6) is -1.15. The highest BCUT2D eigenvalue weighted by molar-refractivity contribution is 7.15. The lowest BCUT2D eigenvalue weighted by Crippen LogP contribution is -2.59. The first kappa shape index (κ1) is 26.6. The van der Waals surface area contributed by atoms with Gasteiger partial charge in [-0.15, -0.1) is 11.3 Å². The number of carbonyl (C=O) groups is 4. The van der Waals surface area contributed by atoms with E-state index in [2.05, 4.69) is 17.4 Å². The van der Waals surface area contributed by atoms with Crippen molar-refractivity contribution in [3.63, 3.8) is 0 Å². The SMILES string of the molecule is COC(=O)c1c(-c2ccc3c(c2)CCCC3)csc1NC(=O)CCCN1C(=O)C2CCC(C)(C1=O)C2(C)C. The number of hydrogen-bond acceptors (Lipinski definition) is 6. The largest absolute Gasteiger partial charge is 0.465 e. The number of ether oxygens (including phenoxy) is 1. The molecule has 38 heavy (non-hydrogen) atoms. The number of anilines is 1. The van der Waals surface area contributed by atoms with Crippen LogP contribution < -0.4 is 5.32 Å². The van der Waals surface area contributed by atoms with Gasteiger partial charge in [0.25, 0.3) is 0 Å². The van der Waals surface area contributed by atoms with Crippen LogP contribution in [-0.2, 0) is 32.0 Å². The predicted octanol–water partition coefficient (Wildman–Crippen LogP) is 5.61. The van der Waals surface area contributed by atoms with Crippen LogP contribution in [0.5, 0.6) is 0 Å². The maximum atomic E-state index is 13.2. The summed E-state index contributed by atoms with van der Waals surface area (Å²) in [6.45, 7) is 6.22. The average molecular weight is 537 g/mol. The third-order valence-corrected chi connectivity index (χ3v) is 10.3. The fourth-order valence-corrected chi connectivity index (χ4v) is 7.54. The predicted molar refractivity (Wildman–Crippen MR) is 147 cm³/mol. The summed E-state index contributed by atoms with van der Waals surface area (Å²) in [4.78, 5) is 53.3. The van der Waals surface area contributed by atoms with E-state index in [1.807, 2.05) is 32.2 Å². The number of likely N-dealkylation sites (tertiary alicyclic amines) is 1. The molecular weight excluding hydrogens is 500 g/mol. The molecule has 2 aromatic rings. The normalized spacial score (nSPS) is 23.8. The van der Waals surface area contributed by atoms with Gasteiger partial charge in [0, 0.05) is 29.8 Å². The molecule has 7 nitrogen and oxygen atoms in total. The number of aryl methyl sites for hydroxylation is 2. The summed E-state index contributed by atoms with van der Waals surface area (Å²) in [5, 5.41) is 5.21. The van der Waals surface area contributed by atoms with Gasteiger partial charge in [-0.2, -0.15) is 0 Å². The summed E-state index contributed by atoms with van der Waals surface area (Å²) < 4.78 is 5.06. The number of fused-ring (bicyclic) bond motifs is 3. The Morgan fingerprint density at radius 2 is 1.87 bits per heavy atom. The Morgan fingerprint density at radius 1 is 1.13 bits per heavy atom. The molecule has 3 aliphatic rings. The number of carbonyl (C=O) groups excluding carboxylic acids is 4. The molecule has 1 N–H and O–H groups in total. The van der Waals surface area contributed by atoms with Crippen LogP contribution in [0.25, 0.3) is 11.1 Å². The third-order valence-electron chi connectivity index (χ3n) is 9.39. The molecule has 2 atom stereocenters. The minimum atomic E-state index is -0.548. The van der Waals surface area contributed by atoms with E-state index in [0.717, 1.165) is 36.8 Å². The second-order valence-electron chi connectivity index (χ2n) is 11.6. The molecule has 2 aliphatic carbocycles. The molecule has 2 unspecified atom stereocenters.